The molecule has 5 nitrogen and oxygen atoms in total. The van der Waals surface area contributed by atoms with Gasteiger partial charge in [0.15, 0.2) is 5.82 Å². The summed E-state index contributed by atoms with van der Waals surface area (Å²) in [5.41, 5.74) is 0.523. The molecule has 0 bridgehead atoms. The standard InChI is InChI=1S/C12H15N3O2S/c1-8(16)14-12(2,3)11-13-10(17-15-11)6-9-4-5-18-7-9/h4-5,7H,6H2,1-3H3,(H,14,16). The van der Waals surface area contributed by atoms with Gasteiger partial charge in [-0.05, 0) is 36.2 Å². The summed E-state index contributed by atoms with van der Waals surface area (Å²) in [6, 6.07) is 2.02. The lowest BCUT2D eigenvalue weighted by molar-refractivity contribution is -0.120. The lowest BCUT2D eigenvalue weighted by Crippen LogP contribution is -2.40. The first kappa shape index (κ1) is 12.8. The maximum absolute atomic E-state index is 11.1. The smallest absolute Gasteiger partial charge is 0.231 e. The molecule has 1 N–H and O–H groups in total. The summed E-state index contributed by atoms with van der Waals surface area (Å²) in [7, 11) is 0. The number of thiophene rings is 1. The fourth-order valence-electron chi connectivity index (χ4n) is 1.64. The largest absolute Gasteiger partial charge is 0.344 e. The van der Waals surface area contributed by atoms with Crippen molar-refractivity contribution in [1.29, 1.82) is 0 Å². The van der Waals surface area contributed by atoms with Crippen LogP contribution in [0.5, 0.6) is 0 Å². The Morgan fingerprint density at radius 3 is 2.94 bits per heavy atom. The van der Waals surface area contributed by atoms with E-state index in [1.54, 1.807) is 11.3 Å². The minimum absolute atomic E-state index is 0.121. The van der Waals surface area contributed by atoms with Crippen molar-refractivity contribution in [2.45, 2.75) is 32.7 Å². The van der Waals surface area contributed by atoms with Crippen LogP contribution in [0.25, 0.3) is 0 Å². The van der Waals surface area contributed by atoms with E-state index in [0.717, 1.165) is 5.56 Å². The van der Waals surface area contributed by atoms with Crippen molar-refractivity contribution in [1.82, 2.24) is 15.5 Å². The van der Waals surface area contributed by atoms with Crippen molar-refractivity contribution in [3.63, 3.8) is 0 Å². The van der Waals surface area contributed by atoms with Crippen molar-refractivity contribution >= 4 is 17.2 Å². The number of rotatable bonds is 4. The molecule has 2 heterocycles. The Bertz CT molecular complexity index is 531. The van der Waals surface area contributed by atoms with Gasteiger partial charge in [-0.15, -0.1) is 0 Å². The van der Waals surface area contributed by atoms with Crippen LogP contribution in [0.15, 0.2) is 21.3 Å². The molecule has 6 heteroatoms. The number of nitrogens with one attached hydrogen (secondary N) is 1. The van der Waals surface area contributed by atoms with Gasteiger partial charge in [-0.3, -0.25) is 4.79 Å². The molecule has 0 spiro atoms. The number of carbonyl (C=O) groups excluding carboxylic acids is 1. The fraction of sp³-hybridized carbons (Fsp3) is 0.417. The second-order valence-electron chi connectivity index (χ2n) is 4.63. The van der Waals surface area contributed by atoms with Gasteiger partial charge in [-0.25, -0.2) is 0 Å². The first-order valence-corrected chi connectivity index (χ1v) is 6.54. The molecule has 18 heavy (non-hydrogen) atoms. The maximum Gasteiger partial charge on any atom is 0.231 e. The van der Waals surface area contributed by atoms with Crippen LogP contribution in [0.3, 0.4) is 0 Å². The topological polar surface area (TPSA) is 68.0 Å². The van der Waals surface area contributed by atoms with Gasteiger partial charge >= 0.3 is 0 Å². The molecule has 0 unspecified atom stereocenters. The highest BCUT2D eigenvalue weighted by atomic mass is 32.1. The summed E-state index contributed by atoms with van der Waals surface area (Å²) in [5, 5.41) is 10.8. The second-order valence-corrected chi connectivity index (χ2v) is 5.41. The van der Waals surface area contributed by atoms with Crippen LogP contribution in [-0.4, -0.2) is 16.0 Å². The van der Waals surface area contributed by atoms with E-state index in [4.69, 9.17) is 4.52 Å². The Kier molecular flexibility index (Phi) is 3.47. The van der Waals surface area contributed by atoms with E-state index in [9.17, 15) is 4.79 Å². The normalized spacial score (nSPS) is 11.5. The molecule has 0 saturated heterocycles. The molecule has 2 aromatic heterocycles. The second kappa shape index (κ2) is 4.89. The zero-order chi connectivity index (χ0) is 13.2. The quantitative estimate of drug-likeness (QED) is 0.919. The summed E-state index contributed by atoms with van der Waals surface area (Å²) in [5.74, 6) is 0.925. The molecule has 0 radical (unpaired) electrons. The number of hydrogen-bond acceptors (Lipinski definition) is 5. The van der Waals surface area contributed by atoms with E-state index in [0.29, 0.717) is 18.1 Å². The fourth-order valence-corrected chi connectivity index (χ4v) is 2.31. The summed E-state index contributed by atoms with van der Waals surface area (Å²) in [6.45, 7) is 5.15. The van der Waals surface area contributed by atoms with Gasteiger partial charge in [0.25, 0.3) is 0 Å². The van der Waals surface area contributed by atoms with Gasteiger partial charge < -0.3 is 9.84 Å². The van der Waals surface area contributed by atoms with E-state index in [2.05, 4.69) is 15.5 Å². The van der Waals surface area contributed by atoms with Gasteiger partial charge in [0.05, 0.1) is 12.0 Å². The molecule has 0 atom stereocenters. The lowest BCUT2D eigenvalue weighted by Gasteiger charge is -2.20. The van der Waals surface area contributed by atoms with Gasteiger partial charge in [-0.1, -0.05) is 5.16 Å². The number of amides is 1. The van der Waals surface area contributed by atoms with E-state index in [1.807, 2.05) is 30.7 Å². The SMILES string of the molecule is CC(=O)NC(C)(C)c1noc(Cc2ccsc2)n1. The van der Waals surface area contributed by atoms with Gasteiger partial charge in [0.2, 0.25) is 11.8 Å². The Morgan fingerprint density at radius 1 is 1.56 bits per heavy atom. The van der Waals surface area contributed by atoms with Crippen LogP contribution in [0.4, 0.5) is 0 Å². The van der Waals surface area contributed by atoms with Gasteiger partial charge in [0.1, 0.15) is 0 Å². The van der Waals surface area contributed by atoms with Gasteiger partial charge in [0, 0.05) is 6.92 Å². The zero-order valence-electron chi connectivity index (χ0n) is 10.6. The summed E-state index contributed by atoms with van der Waals surface area (Å²) in [4.78, 5) is 15.4. The number of aromatic nitrogens is 2. The minimum atomic E-state index is -0.623. The summed E-state index contributed by atoms with van der Waals surface area (Å²) < 4.78 is 5.20. The first-order valence-electron chi connectivity index (χ1n) is 5.60. The summed E-state index contributed by atoms with van der Waals surface area (Å²) >= 11 is 1.63. The molecule has 0 aliphatic heterocycles. The molecule has 2 aromatic rings. The lowest BCUT2D eigenvalue weighted by atomic mass is 10.1. The highest BCUT2D eigenvalue weighted by molar-refractivity contribution is 7.07. The average molecular weight is 265 g/mol. The predicted octanol–water partition coefficient (Wildman–Crippen LogP) is 2.09. The van der Waals surface area contributed by atoms with Crippen LogP contribution >= 0.6 is 11.3 Å². The molecule has 96 valence electrons. The van der Waals surface area contributed by atoms with Crippen molar-refractivity contribution in [2.24, 2.45) is 0 Å². The van der Waals surface area contributed by atoms with Crippen LogP contribution in [0.1, 0.15) is 38.0 Å². The van der Waals surface area contributed by atoms with Crippen molar-refractivity contribution in [2.75, 3.05) is 0 Å². The third-order valence-corrected chi connectivity index (χ3v) is 3.18. The molecule has 0 fully saturated rings. The summed E-state index contributed by atoms with van der Waals surface area (Å²) in [6.07, 6.45) is 0.618. The predicted molar refractivity (Wildman–Crippen MR) is 68.3 cm³/mol. The highest BCUT2D eigenvalue weighted by Crippen LogP contribution is 2.18. The Hall–Kier alpha value is -1.69. The van der Waals surface area contributed by atoms with Crippen molar-refractivity contribution in [3.05, 3.63) is 34.1 Å². The minimum Gasteiger partial charge on any atom is -0.344 e. The molecular weight excluding hydrogens is 250 g/mol. The third kappa shape index (κ3) is 2.95. The molecule has 2 rings (SSSR count). The number of nitrogens with zero attached hydrogens (tertiary/aromatic N) is 2. The van der Waals surface area contributed by atoms with E-state index in [1.165, 1.54) is 6.92 Å². The maximum atomic E-state index is 11.1. The number of carbonyl (C=O) groups is 1. The third-order valence-electron chi connectivity index (χ3n) is 2.45. The Morgan fingerprint density at radius 2 is 2.33 bits per heavy atom. The Balaban J connectivity index is 2.12. The monoisotopic (exact) mass is 265 g/mol. The Labute approximate surface area is 109 Å². The molecule has 1 amide bonds. The molecular formula is C12H15N3O2S. The van der Waals surface area contributed by atoms with Crippen molar-refractivity contribution < 1.29 is 9.32 Å². The van der Waals surface area contributed by atoms with Crippen LogP contribution < -0.4 is 5.32 Å². The van der Waals surface area contributed by atoms with E-state index in [-0.39, 0.29) is 5.91 Å². The zero-order valence-corrected chi connectivity index (χ0v) is 11.4. The molecule has 0 saturated carbocycles. The van der Waals surface area contributed by atoms with Crippen LogP contribution in [0.2, 0.25) is 0 Å². The van der Waals surface area contributed by atoms with Crippen LogP contribution in [0, 0.1) is 0 Å². The van der Waals surface area contributed by atoms with E-state index < -0.39 is 5.54 Å². The highest BCUT2D eigenvalue weighted by Gasteiger charge is 2.27. The first-order chi connectivity index (χ1) is 8.47. The average Bonchev–Trinajstić information content (AvgIpc) is 2.87. The molecule has 0 aromatic carbocycles. The van der Waals surface area contributed by atoms with E-state index >= 15 is 0 Å². The van der Waals surface area contributed by atoms with Crippen LogP contribution in [-0.2, 0) is 16.8 Å². The molecule has 0 aliphatic carbocycles. The molecule has 0 aliphatic rings. The number of hydrogen-bond donors (Lipinski definition) is 1. The van der Waals surface area contributed by atoms with Crippen molar-refractivity contribution in [3.8, 4) is 0 Å². The van der Waals surface area contributed by atoms with Gasteiger partial charge in [-0.2, -0.15) is 16.3 Å².